The SMILES string of the molecule is N[C@H]1[C@@H](OP(=O)(O)OP(=O)(O)O)O[C@H](CO)[C@@H](O)[C@@H]1O. The van der Waals surface area contributed by atoms with Crippen LogP contribution in [-0.2, 0) is 22.7 Å². The van der Waals surface area contributed by atoms with Gasteiger partial charge in [-0.3, -0.25) is 4.52 Å². The molecule has 1 rings (SSSR count). The van der Waals surface area contributed by atoms with Gasteiger partial charge in [-0.15, -0.1) is 0 Å². The van der Waals surface area contributed by atoms with Crippen LogP contribution in [0.2, 0.25) is 0 Å². The molecule has 20 heavy (non-hydrogen) atoms. The molecule has 1 unspecified atom stereocenters. The highest BCUT2D eigenvalue weighted by atomic mass is 31.3. The largest absolute Gasteiger partial charge is 0.483 e. The lowest BCUT2D eigenvalue weighted by atomic mass is 9.98. The van der Waals surface area contributed by atoms with Gasteiger partial charge in [0.2, 0.25) is 0 Å². The highest BCUT2D eigenvalue weighted by Crippen LogP contribution is 2.58. The second-order valence-electron chi connectivity index (χ2n) is 3.93. The normalized spacial score (nSPS) is 38.5. The molecule has 1 heterocycles. The van der Waals surface area contributed by atoms with Crippen molar-refractivity contribution in [3.05, 3.63) is 0 Å². The van der Waals surface area contributed by atoms with Gasteiger partial charge in [0.25, 0.3) is 0 Å². The lowest BCUT2D eigenvalue weighted by Gasteiger charge is -2.40. The first-order valence-electron chi connectivity index (χ1n) is 5.13. The van der Waals surface area contributed by atoms with Crippen molar-refractivity contribution in [1.82, 2.24) is 0 Å². The van der Waals surface area contributed by atoms with Gasteiger partial charge in [-0.25, -0.2) is 9.13 Å². The van der Waals surface area contributed by atoms with Crippen LogP contribution in [-0.4, -0.2) is 67.3 Å². The smallest absolute Gasteiger partial charge is 0.394 e. The minimum absolute atomic E-state index is 0.764. The molecule has 0 bridgehead atoms. The molecule has 120 valence electrons. The molecular weight excluding hydrogens is 324 g/mol. The maximum atomic E-state index is 11.3. The molecule has 14 heteroatoms. The lowest BCUT2D eigenvalue weighted by molar-refractivity contribution is -0.242. The van der Waals surface area contributed by atoms with Gasteiger partial charge < -0.3 is 40.5 Å². The van der Waals surface area contributed by atoms with Crippen LogP contribution in [0.25, 0.3) is 0 Å². The Morgan fingerprint density at radius 2 is 1.70 bits per heavy atom. The van der Waals surface area contributed by atoms with Gasteiger partial charge in [0.05, 0.1) is 12.6 Å². The van der Waals surface area contributed by atoms with E-state index in [4.69, 9.17) is 30.3 Å². The predicted octanol–water partition coefficient (Wildman–Crippen LogP) is -3.02. The van der Waals surface area contributed by atoms with E-state index in [0.717, 1.165) is 0 Å². The minimum atomic E-state index is -5.32. The summed E-state index contributed by atoms with van der Waals surface area (Å²) in [6.07, 6.45) is -6.45. The number of nitrogens with two attached hydrogens (primary N) is 1. The molecule has 1 aliphatic rings. The summed E-state index contributed by atoms with van der Waals surface area (Å²) in [6, 6.07) is -1.52. The Morgan fingerprint density at radius 3 is 2.15 bits per heavy atom. The van der Waals surface area contributed by atoms with Crippen LogP contribution in [0.3, 0.4) is 0 Å². The van der Waals surface area contributed by atoms with Crippen molar-refractivity contribution in [2.75, 3.05) is 6.61 Å². The highest BCUT2D eigenvalue weighted by Gasteiger charge is 2.47. The Hall–Kier alpha value is 0.0600. The molecule has 12 nitrogen and oxygen atoms in total. The average molecular weight is 339 g/mol. The molecule has 1 fully saturated rings. The van der Waals surface area contributed by atoms with Crippen molar-refractivity contribution in [3.63, 3.8) is 0 Å². The number of phosphoric ester groups is 1. The van der Waals surface area contributed by atoms with E-state index in [1.54, 1.807) is 0 Å². The summed E-state index contributed by atoms with van der Waals surface area (Å²) < 4.78 is 34.4. The van der Waals surface area contributed by atoms with Crippen molar-refractivity contribution in [3.8, 4) is 0 Å². The summed E-state index contributed by atoms with van der Waals surface area (Å²) >= 11 is 0. The average Bonchev–Trinajstić information content (AvgIpc) is 2.26. The standard InChI is InChI=1S/C6H15NO11P2/c7-3-5(10)4(9)2(1-8)16-6(3)17-20(14,15)18-19(11,12)13/h2-6,8-10H,1,7H2,(H,14,15)(H2,11,12,13)/t2-,3-,4-,5-,6-/m1/s1. The summed E-state index contributed by atoms with van der Waals surface area (Å²) in [7, 11) is -10.6. The molecule has 0 aliphatic carbocycles. The number of rotatable bonds is 5. The van der Waals surface area contributed by atoms with E-state index in [-0.39, 0.29) is 0 Å². The van der Waals surface area contributed by atoms with E-state index in [1.165, 1.54) is 0 Å². The number of hydrogen-bond acceptors (Lipinski definition) is 9. The predicted molar refractivity (Wildman–Crippen MR) is 59.8 cm³/mol. The molecule has 1 aliphatic heterocycles. The first kappa shape index (κ1) is 18.1. The van der Waals surface area contributed by atoms with Gasteiger partial charge in [-0.05, 0) is 0 Å². The van der Waals surface area contributed by atoms with Gasteiger partial charge in [-0.2, -0.15) is 4.31 Å². The van der Waals surface area contributed by atoms with Gasteiger partial charge >= 0.3 is 15.6 Å². The second-order valence-corrected chi connectivity index (χ2v) is 6.71. The highest BCUT2D eigenvalue weighted by molar-refractivity contribution is 7.60. The summed E-state index contributed by atoms with van der Waals surface area (Å²) in [6.45, 7) is -0.764. The molecule has 0 aromatic heterocycles. The second kappa shape index (κ2) is 6.44. The zero-order valence-electron chi connectivity index (χ0n) is 9.79. The van der Waals surface area contributed by atoms with Crippen LogP contribution < -0.4 is 5.73 Å². The van der Waals surface area contributed by atoms with Crippen molar-refractivity contribution < 1.29 is 52.7 Å². The molecule has 0 aromatic rings. The summed E-state index contributed by atoms with van der Waals surface area (Å²) in [5.74, 6) is 0. The quantitative estimate of drug-likeness (QED) is 0.250. The minimum Gasteiger partial charge on any atom is -0.394 e. The molecule has 1 saturated heterocycles. The molecule has 0 radical (unpaired) electrons. The van der Waals surface area contributed by atoms with Gasteiger partial charge in [-0.1, -0.05) is 0 Å². The van der Waals surface area contributed by atoms with Gasteiger partial charge in [0, 0.05) is 0 Å². The van der Waals surface area contributed by atoms with Crippen LogP contribution in [0.1, 0.15) is 0 Å². The number of aliphatic hydroxyl groups excluding tert-OH is 3. The summed E-state index contributed by atoms with van der Waals surface area (Å²) in [5.41, 5.74) is 5.38. The van der Waals surface area contributed by atoms with Crippen LogP contribution in [0.15, 0.2) is 0 Å². The van der Waals surface area contributed by atoms with E-state index >= 15 is 0 Å². The molecule has 0 aromatic carbocycles. The van der Waals surface area contributed by atoms with Crippen molar-refractivity contribution in [2.24, 2.45) is 5.73 Å². The van der Waals surface area contributed by atoms with E-state index in [1.807, 2.05) is 0 Å². The monoisotopic (exact) mass is 339 g/mol. The molecule has 0 saturated carbocycles. The fourth-order valence-corrected chi connectivity index (χ4v) is 3.17. The van der Waals surface area contributed by atoms with Crippen molar-refractivity contribution >= 4 is 15.6 Å². The number of hydrogen-bond donors (Lipinski definition) is 7. The van der Waals surface area contributed by atoms with Crippen molar-refractivity contribution in [2.45, 2.75) is 30.6 Å². The van der Waals surface area contributed by atoms with E-state index in [0.29, 0.717) is 0 Å². The number of phosphoric acid groups is 2. The number of ether oxygens (including phenoxy) is 1. The Morgan fingerprint density at radius 1 is 1.15 bits per heavy atom. The van der Waals surface area contributed by atoms with Gasteiger partial charge in [0.15, 0.2) is 6.29 Å². The number of aliphatic hydroxyl groups is 3. The van der Waals surface area contributed by atoms with E-state index in [2.05, 4.69) is 8.83 Å². The lowest BCUT2D eigenvalue weighted by Crippen LogP contribution is -2.62. The van der Waals surface area contributed by atoms with Crippen molar-refractivity contribution in [1.29, 1.82) is 0 Å². The molecule has 0 amide bonds. The fourth-order valence-electron chi connectivity index (χ4n) is 1.48. The topological polar surface area (TPSA) is 209 Å². The van der Waals surface area contributed by atoms with Crippen LogP contribution >= 0.6 is 15.6 Å². The van der Waals surface area contributed by atoms with E-state index in [9.17, 15) is 19.3 Å². The molecule has 8 N–H and O–H groups in total. The zero-order valence-corrected chi connectivity index (χ0v) is 11.6. The Bertz CT molecular complexity index is 423. The molecule has 0 spiro atoms. The molecular formula is C6H15NO11P2. The first-order chi connectivity index (χ1) is 8.97. The summed E-state index contributed by atoms with van der Waals surface area (Å²) in [4.78, 5) is 25.9. The summed E-state index contributed by atoms with van der Waals surface area (Å²) in [5, 5.41) is 27.9. The van der Waals surface area contributed by atoms with Crippen LogP contribution in [0.4, 0.5) is 0 Å². The van der Waals surface area contributed by atoms with Gasteiger partial charge in [0.1, 0.15) is 18.3 Å². The Kier molecular flexibility index (Phi) is 5.83. The molecule has 6 atom stereocenters. The third-order valence-electron chi connectivity index (χ3n) is 2.37. The maximum Gasteiger partial charge on any atom is 0.483 e. The van der Waals surface area contributed by atoms with E-state index < -0.39 is 52.9 Å². The third-order valence-corrected chi connectivity index (χ3v) is 4.53. The first-order valence-corrected chi connectivity index (χ1v) is 8.15. The van der Waals surface area contributed by atoms with Crippen LogP contribution in [0, 0.1) is 0 Å². The zero-order chi connectivity index (χ0) is 15.7. The fraction of sp³-hybridized carbons (Fsp3) is 1.00. The maximum absolute atomic E-state index is 11.3. The van der Waals surface area contributed by atoms with Crippen LogP contribution in [0.5, 0.6) is 0 Å². The Balaban J connectivity index is 2.80. The Labute approximate surface area is 112 Å². The third kappa shape index (κ3) is 4.81.